The number of hydrogen-bond donors (Lipinski definition) is 1. The number of amides is 2. The zero-order valence-corrected chi connectivity index (χ0v) is 16.5. The molecule has 0 saturated heterocycles. The number of anilines is 1. The number of benzene rings is 3. The van der Waals surface area contributed by atoms with Gasteiger partial charge >= 0.3 is 6.03 Å². The summed E-state index contributed by atoms with van der Waals surface area (Å²) in [6, 6.07) is 21.6. The number of urea groups is 1. The number of rotatable bonds is 5. The van der Waals surface area contributed by atoms with E-state index in [-0.39, 0.29) is 18.5 Å². The van der Waals surface area contributed by atoms with Crippen molar-refractivity contribution in [3.05, 3.63) is 95.3 Å². The lowest BCUT2D eigenvalue weighted by molar-refractivity contribution is 0.105. The van der Waals surface area contributed by atoms with E-state index in [1.165, 1.54) is 6.07 Å². The van der Waals surface area contributed by atoms with Crippen LogP contribution in [-0.2, 0) is 24.5 Å². The number of carbonyl (C=O) groups is 1. The molecule has 1 aliphatic rings. The summed E-state index contributed by atoms with van der Waals surface area (Å²) in [5, 5.41) is 2.91. The lowest BCUT2D eigenvalue weighted by atomic mass is 10.1. The van der Waals surface area contributed by atoms with Gasteiger partial charge in [0.2, 0.25) is 0 Å². The number of para-hydroxylation sites is 1. The maximum Gasteiger partial charge on any atom is 0.322 e. The first-order valence-electron chi connectivity index (χ1n) is 9.86. The van der Waals surface area contributed by atoms with Crippen LogP contribution < -0.4 is 10.1 Å². The van der Waals surface area contributed by atoms with Crippen LogP contribution in [0.1, 0.15) is 16.7 Å². The van der Waals surface area contributed by atoms with Crippen molar-refractivity contribution >= 4 is 11.7 Å². The Labute approximate surface area is 175 Å². The highest BCUT2D eigenvalue weighted by atomic mass is 19.1. The average Bonchev–Trinajstić information content (AvgIpc) is 2.98. The Morgan fingerprint density at radius 2 is 1.83 bits per heavy atom. The summed E-state index contributed by atoms with van der Waals surface area (Å²) in [5.74, 6) is 0.496. The van der Waals surface area contributed by atoms with Gasteiger partial charge in [0.1, 0.15) is 18.2 Å². The fourth-order valence-electron chi connectivity index (χ4n) is 3.33. The van der Waals surface area contributed by atoms with Crippen molar-refractivity contribution in [3.63, 3.8) is 0 Å². The van der Waals surface area contributed by atoms with Crippen LogP contribution >= 0.6 is 0 Å². The summed E-state index contributed by atoms with van der Waals surface area (Å²) >= 11 is 0. The molecule has 1 heterocycles. The molecule has 3 aromatic rings. The van der Waals surface area contributed by atoms with Crippen LogP contribution in [0.25, 0.3) is 0 Å². The molecule has 3 aromatic carbocycles. The molecular formula is C24H23FN2O3. The first-order chi connectivity index (χ1) is 14.7. The monoisotopic (exact) mass is 406 g/mol. The number of carbonyl (C=O) groups excluding carboxylic acids is 1. The number of ether oxygens (including phenoxy) is 2. The number of nitrogens with zero attached hydrogens (tertiary/aromatic N) is 1. The van der Waals surface area contributed by atoms with Gasteiger partial charge in [-0.05, 0) is 35.9 Å². The average molecular weight is 406 g/mol. The van der Waals surface area contributed by atoms with Crippen molar-refractivity contribution in [1.82, 2.24) is 4.90 Å². The van der Waals surface area contributed by atoms with Crippen LogP contribution in [0.3, 0.4) is 0 Å². The summed E-state index contributed by atoms with van der Waals surface area (Å²) in [4.78, 5) is 14.4. The Morgan fingerprint density at radius 1 is 1.03 bits per heavy atom. The van der Waals surface area contributed by atoms with E-state index in [0.29, 0.717) is 31.9 Å². The summed E-state index contributed by atoms with van der Waals surface area (Å²) in [7, 11) is 0. The second kappa shape index (κ2) is 9.41. The van der Waals surface area contributed by atoms with Gasteiger partial charge < -0.3 is 19.7 Å². The van der Waals surface area contributed by atoms with Crippen LogP contribution in [-0.4, -0.2) is 24.1 Å². The van der Waals surface area contributed by atoms with Crippen molar-refractivity contribution in [2.45, 2.75) is 19.8 Å². The fraction of sp³-hybridized carbons (Fsp3) is 0.208. The second-order valence-electron chi connectivity index (χ2n) is 7.09. The van der Waals surface area contributed by atoms with E-state index in [4.69, 9.17) is 9.47 Å². The molecule has 0 saturated carbocycles. The number of hydrogen-bond acceptors (Lipinski definition) is 3. The quantitative estimate of drug-likeness (QED) is 0.651. The molecule has 1 aliphatic heterocycles. The van der Waals surface area contributed by atoms with Gasteiger partial charge in [-0.2, -0.15) is 0 Å². The van der Waals surface area contributed by atoms with Gasteiger partial charge in [-0.3, -0.25) is 0 Å². The van der Waals surface area contributed by atoms with E-state index in [9.17, 15) is 9.18 Å². The minimum Gasteiger partial charge on any atom is -0.491 e. The summed E-state index contributed by atoms with van der Waals surface area (Å²) < 4.78 is 25.2. The minimum atomic E-state index is -0.270. The summed E-state index contributed by atoms with van der Waals surface area (Å²) in [5.41, 5.74) is 3.14. The zero-order chi connectivity index (χ0) is 20.8. The van der Waals surface area contributed by atoms with Gasteiger partial charge in [-0.25, -0.2) is 9.18 Å². The standard InChI is InChI=1S/C24H23FN2O3/c25-22-9-5-4-6-19(22)17-29-16-18-10-11-23-20(14-18)15-27(12-13-30-23)24(28)26-21-7-2-1-3-8-21/h1-11,14H,12-13,15-17H2,(H,26,28). The highest BCUT2D eigenvalue weighted by Crippen LogP contribution is 2.25. The molecule has 30 heavy (non-hydrogen) atoms. The molecule has 0 atom stereocenters. The van der Waals surface area contributed by atoms with Crippen LogP contribution in [0.5, 0.6) is 5.75 Å². The van der Waals surface area contributed by atoms with Gasteiger partial charge in [0.25, 0.3) is 0 Å². The largest absolute Gasteiger partial charge is 0.491 e. The Morgan fingerprint density at radius 3 is 2.67 bits per heavy atom. The lowest BCUT2D eigenvalue weighted by Gasteiger charge is -2.20. The van der Waals surface area contributed by atoms with Gasteiger partial charge in [0.05, 0.1) is 26.3 Å². The second-order valence-corrected chi connectivity index (χ2v) is 7.09. The van der Waals surface area contributed by atoms with Crippen LogP contribution in [0, 0.1) is 5.82 Å². The highest BCUT2D eigenvalue weighted by Gasteiger charge is 2.20. The van der Waals surface area contributed by atoms with Crippen molar-refractivity contribution in [1.29, 1.82) is 0 Å². The smallest absolute Gasteiger partial charge is 0.322 e. The Kier molecular flexibility index (Phi) is 6.25. The van der Waals surface area contributed by atoms with Gasteiger partial charge in [-0.1, -0.05) is 42.5 Å². The molecule has 2 amide bonds. The van der Waals surface area contributed by atoms with Crippen LogP contribution in [0.2, 0.25) is 0 Å². The topological polar surface area (TPSA) is 50.8 Å². The Balaban J connectivity index is 1.40. The Bertz CT molecular complexity index is 1010. The third kappa shape index (κ3) is 4.96. The number of fused-ring (bicyclic) bond motifs is 1. The van der Waals surface area contributed by atoms with E-state index in [1.807, 2.05) is 48.5 Å². The van der Waals surface area contributed by atoms with E-state index >= 15 is 0 Å². The predicted octanol–water partition coefficient (Wildman–Crippen LogP) is 4.97. The van der Waals surface area contributed by atoms with Crippen molar-refractivity contribution < 1.29 is 18.7 Å². The van der Waals surface area contributed by atoms with Crippen molar-refractivity contribution in [2.75, 3.05) is 18.5 Å². The van der Waals surface area contributed by atoms with Gasteiger partial charge in [-0.15, -0.1) is 0 Å². The van der Waals surface area contributed by atoms with E-state index in [0.717, 1.165) is 22.6 Å². The first-order valence-corrected chi connectivity index (χ1v) is 9.86. The minimum absolute atomic E-state index is 0.168. The third-order valence-electron chi connectivity index (χ3n) is 4.90. The van der Waals surface area contributed by atoms with Crippen LogP contribution in [0.4, 0.5) is 14.9 Å². The maximum atomic E-state index is 13.7. The lowest BCUT2D eigenvalue weighted by Crippen LogP contribution is -2.36. The van der Waals surface area contributed by atoms with E-state index in [2.05, 4.69) is 5.32 Å². The molecule has 6 heteroatoms. The predicted molar refractivity (Wildman–Crippen MR) is 113 cm³/mol. The molecule has 0 unspecified atom stereocenters. The van der Waals surface area contributed by atoms with Gasteiger partial charge in [0, 0.05) is 16.8 Å². The van der Waals surface area contributed by atoms with E-state index < -0.39 is 0 Å². The molecule has 5 nitrogen and oxygen atoms in total. The molecule has 0 aromatic heterocycles. The van der Waals surface area contributed by atoms with Gasteiger partial charge in [0.15, 0.2) is 0 Å². The molecule has 1 N–H and O–H groups in total. The SMILES string of the molecule is O=C(Nc1ccccc1)N1CCOc2ccc(COCc3ccccc3F)cc2C1. The molecule has 0 fully saturated rings. The zero-order valence-electron chi connectivity index (χ0n) is 16.5. The molecule has 0 bridgehead atoms. The molecule has 0 radical (unpaired) electrons. The molecular weight excluding hydrogens is 383 g/mol. The summed E-state index contributed by atoms with van der Waals surface area (Å²) in [6.07, 6.45) is 0. The molecule has 0 spiro atoms. The molecule has 4 rings (SSSR count). The summed E-state index contributed by atoms with van der Waals surface area (Å²) in [6.45, 7) is 1.91. The van der Waals surface area contributed by atoms with Crippen LogP contribution in [0.15, 0.2) is 72.8 Å². The third-order valence-corrected chi connectivity index (χ3v) is 4.90. The fourth-order valence-corrected chi connectivity index (χ4v) is 3.33. The molecule has 154 valence electrons. The normalized spacial score (nSPS) is 13.2. The van der Waals surface area contributed by atoms with Crippen molar-refractivity contribution in [3.8, 4) is 5.75 Å². The van der Waals surface area contributed by atoms with E-state index in [1.54, 1.807) is 23.1 Å². The maximum absolute atomic E-state index is 13.7. The Hall–Kier alpha value is -3.38. The number of halogens is 1. The number of nitrogens with one attached hydrogen (secondary N) is 1. The van der Waals surface area contributed by atoms with Crippen molar-refractivity contribution in [2.24, 2.45) is 0 Å². The molecule has 0 aliphatic carbocycles. The highest BCUT2D eigenvalue weighted by molar-refractivity contribution is 5.89. The first kappa shape index (κ1) is 19.9.